The van der Waals surface area contributed by atoms with Gasteiger partial charge in [-0.2, -0.15) is 0 Å². The largest absolute Gasteiger partial charge is 0.490 e. The molecule has 0 spiro atoms. The predicted molar refractivity (Wildman–Crippen MR) is 82.2 cm³/mol. The lowest BCUT2D eigenvalue weighted by atomic mass is 9.99. The van der Waals surface area contributed by atoms with Crippen molar-refractivity contribution < 1.29 is 13.9 Å². The molecule has 1 aromatic rings. The number of nitrogens with zero attached hydrogens (tertiary/aromatic N) is 1. The Morgan fingerprint density at radius 1 is 1.43 bits per heavy atom. The van der Waals surface area contributed by atoms with Gasteiger partial charge < -0.3 is 15.2 Å². The molecule has 2 atom stereocenters. The van der Waals surface area contributed by atoms with Crippen LogP contribution in [0.3, 0.4) is 0 Å². The zero-order valence-electron chi connectivity index (χ0n) is 12.1. The van der Waals surface area contributed by atoms with E-state index in [9.17, 15) is 4.39 Å². The van der Waals surface area contributed by atoms with Crippen LogP contribution in [0.15, 0.2) is 10.5 Å². The Hall–Kier alpha value is -0.850. The first-order valence-electron chi connectivity index (χ1n) is 7.29. The van der Waals surface area contributed by atoms with Gasteiger partial charge in [0.05, 0.1) is 17.7 Å². The SMILES string of the molecule is CN1CC(CN)CC1c1cc2c(c(Br)c1F)OCCCO2. The number of likely N-dealkylation sites (tertiary alicyclic amines) is 1. The zero-order chi connectivity index (χ0) is 15.0. The van der Waals surface area contributed by atoms with Crippen molar-refractivity contribution in [3.8, 4) is 11.5 Å². The molecule has 4 nitrogen and oxygen atoms in total. The summed E-state index contributed by atoms with van der Waals surface area (Å²) < 4.78 is 26.4. The first kappa shape index (κ1) is 15.1. The molecule has 6 heteroatoms. The Morgan fingerprint density at radius 3 is 2.90 bits per heavy atom. The first-order valence-corrected chi connectivity index (χ1v) is 8.09. The van der Waals surface area contributed by atoms with Crippen LogP contribution in [0.4, 0.5) is 4.39 Å². The summed E-state index contributed by atoms with van der Waals surface area (Å²) in [5.41, 5.74) is 6.42. The van der Waals surface area contributed by atoms with E-state index in [0.717, 1.165) is 19.4 Å². The van der Waals surface area contributed by atoms with Gasteiger partial charge >= 0.3 is 0 Å². The number of fused-ring (bicyclic) bond motifs is 1. The third-order valence-corrected chi connectivity index (χ3v) is 4.98. The highest BCUT2D eigenvalue weighted by molar-refractivity contribution is 9.10. The highest BCUT2D eigenvalue weighted by atomic mass is 79.9. The van der Waals surface area contributed by atoms with Gasteiger partial charge in [0.15, 0.2) is 11.5 Å². The molecule has 0 amide bonds. The summed E-state index contributed by atoms with van der Waals surface area (Å²) in [5.74, 6) is 1.26. The number of benzene rings is 1. The van der Waals surface area contributed by atoms with Crippen molar-refractivity contribution in [2.45, 2.75) is 18.9 Å². The fourth-order valence-electron chi connectivity index (χ4n) is 3.14. The maximum absolute atomic E-state index is 14.7. The second-order valence-corrected chi connectivity index (χ2v) is 6.56. The molecule has 2 aliphatic rings. The Bertz CT molecular complexity index is 541. The van der Waals surface area contributed by atoms with Gasteiger partial charge in [0, 0.05) is 24.6 Å². The number of nitrogens with two attached hydrogens (primary N) is 1. The molecule has 2 aliphatic heterocycles. The lowest BCUT2D eigenvalue weighted by Crippen LogP contribution is -2.21. The van der Waals surface area contributed by atoms with E-state index in [1.807, 2.05) is 7.05 Å². The molecular weight excluding hydrogens is 339 g/mol. The van der Waals surface area contributed by atoms with Crippen LogP contribution in [0, 0.1) is 11.7 Å². The van der Waals surface area contributed by atoms with Crippen molar-refractivity contribution in [1.82, 2.24) is 4.90 Å². The van der Waals surface area contributed by atoms with Crippen LogP contribution < -0.4 is 15.2 Å². The summed E-state index contributed by atoms with van der Waals surface area (Å²) in [7, 11) is 2.01. The Morgan fingerprint density at radius 2 is 2.19 bits per heavy atom. The van der Waals surface area contributed by atoms with Gasteiger partial charge in [-0.3, -0.25) is 4.90 Å². The smallest absolute Gasteiger partial charge is 0.178 e. The monoisotopic (exact) mass is 358 g/mol. The molecule has 2 unspecified atom stereocenters. The summed E-state index contributed by atoms with van der Waals surface area (Å²) >= 11 is 3.33. The molecular formula is C15H20BrFN2O2. The van der Waals surface area contributed by atoms with Gasteiger partial charge in [-0.1, -0.05) is 0 Å². The molecule has 2 heterocycles. The maximum atomic E-state index is 14.7. The predicted octanol–water partition coefficient (Wildman–Crippen LogP) is 2.70. The van der Waals surface area contributed by atoms with Crippen LogP contribution >= 0.6 is 15.9 Å². The van der Waals surface area contributed by atoms with Gasteiger partial charge in [0.25, 0.3) is 0 Å². The highest BCUT2D eigenvalue weighted by Crippen LogP contribution is 2.45. The van der Waals surface area contributed by atoms with Crippen LogP contribution in [0.5, 0.6) is 11.5 Å². The standard InChI is InChI=1S/C15H20BrFN2O2/c1-19-8-9(7-18)5-11(19)10-6-12-15(13(16)14(10)17)21-4-2-3-20-12/h6,9,11H,2-5,7-8,18H2,1H3. The quantitative estimate of drug-likeness (QED) is 0.882. The molecule has 3 rings (SSSR count). The van der Waals surface area contributed by atoms with Crippen LogP contribution in [0.1, 0.15) is 24.4 Å². The van der Waals surface area contributed by atoms with Gasteiger partial charge in [0.1, 0.15) is 5.82 Å². The third kappa shape index (κ3) is 2.76. The minimum absolute atomic E-state index is 0.0343. The molecule has 0 aliphatic carbocycles. The second-order valence-electron chi connectivity index (χ2n) is 5.76. The van der Waals surface area contributed by atoms with E-state index < -0.39 is 0 Å². The summed E-state index contributed by atoms with van der Waals surface area (Å²) in [5, 5.41) is 0. The molecule has 0 radical (unpaired) electrons. The van der Waals surface area contributed by atoms with Crippen molar-refractivity contribution in [1.29, 1.82) is 0 Å². The second kappa shape index (κ2) is 6.10. The lowest BCUT2D eigenvalue weighted by molar-refractivity contribution is 0.296. The first-order chi connectivity index (χ1) is 10.1. The van der Waals surface area contributed by atoms with E-state index in [2.05, 4.69) is 20.8 Å². The van der Waals surface area contributed by atoms with Crippen LogP contribution in [-0.4, -0.2) is 38.3 Å². The van der Waals surface area contributed by atoms with Crippen molar-refractivity contribution in [2.24, 2.45) is 11.7 Å². The Kier molecular flexibility index (Phi) is 4.38. The van der Waals surface area contributed by atoms with E-state index in [-0.39, 0.29) is 11.9 Å². The summed E-state index contributed by atoms with van der Waals surface area (Å²) in [6.07, 6.45) is 1.67. The topological polar surface area (TPSA) is 47.7 Å². The molecule has 0 aromatic heterocycles. The Labute approximate surface area is 132 Å². The van der Waals surface area contributed by atoms with E-state index in [1.165, 1.54) is 0 Å². The van der Waals surface area contributed by atoms with Crippen LogP contribution in [0.25, 0.3) is 0 Å². The molecule has 1 aromatic carbocycles. The van der Waals surface area contributed by atoms with Crippen molar-refractivity contribution in [2.75, 3.05) is 33.4 Å². The van der Waals surface area contributed by atoms with E-state index in [4.69, 9.17) is 15.2 Å². The summed E-state index contributed by atoms with van der Waals surface area (Å²) in [6, 6.07) is 1.83. The van der Waals surface area contributed by atoms with Crippen molar-refractivity contribution in [3.05, 3.63) is 21.9 Å². The van der Waals surface area contributed by atoms with E-state index in [1.54, 1.807) is 6.07 Å². The van der Waals surface area contributed by atoms with Crippen molar-refractivity contribution in [3.63, 3.8) is 0 Å². The maximum Gasteiger partial charge on any atom is 0.178 e. The molecule has 0 saturated carbocycles. The normalized spacial score (nSPS) is 25.9. The fourth-order valence-corrected chi connectivity index (χ4v) is 3.68. The third-order valence-electron chi connectivity index (χ3n) is 4.28. The molecule has 1 fully saturated rings. The fraction of sp³-hybridized carbons (Fsp3) is 0.600. The zero-order valence-corrected chi connectivity index (χ0v) is 13.7. The van der Waals surface area contributed by atoms with E-state index >= 15 is 0 Å². The average Bonchev–Trinajstić information content (AvgIpc) is 2.70. The van der Waals surface area contributed by atoms with Crippen LogP contribution in [-0.2, 0) is 0 Å². The minimum Gasteiger partial charge on any atom is -0.490 e. The van der Waals surface area contributed by atoms with Gasteiger partial charge in [0.2, 0.25) is 0 Å². The highest BCUT2D eigenvalue weighted by Gasteiger charge is 2.34. The van der Waals surface area contributed by atoms with Gasteiger partial charge in [-0.25, -0.2) is 4.39 Å². The molecule has 0 bridgehead atoms. The molecule has 2 N–H and O–H groups in total. The lowest BCUT2D eigenvalue weighted by Gasteiger charge is -2.22. The summed E-state index contributed by atoms with van der Waals surface area (Å²) in [6.45, 7) is 2.67. The Balaban J connectivity index is 1.99. The minimum atomic E-state index is -0.256. The van der Waals surface area contributed by atoms with Crippen LogP contribution in [0.2, 0.25) is 0 Å². The van der Waals surface area contributed by atoms with Gasteiger partial charge in [-0.15, -0.1) is 0 Å². The number of ether oxygens (including phenoxy) is 2. The molecule has 116 valence electrons. The van der Waals surface area contributed by atoms with Crippen molar-refractivity contribution >= 4 is 15.9 Å². The van der Waals surface area contributed by atoms with Gasteiger partial charge in [-0.05, 0) is 47.9 Å². The molecule has 1 saturated heterocycles. The number of hydrogen-bond acceptors (Lipinski definition) is 4. The number of halogens is 2. The van der Waals surface area contributed by atoms with E-state index in [0.29, 0.717) is 47.2 Å². The number of hydrogen-bond donors (Lipinski definition) is 1. The molecule has 21 heavy (non-hydrogen) atoms. The summed E-state index contributed by atoms with van der Waals surface area (Å²) in [4.78, 5) is 2.16. The number of rotatable bonds is 2. The average molecular weight is 359 g/mol.